The summed E-state index contributed by atoms with van der Waals surface area (Å²) in [7, 11) is 0. The third-order valence-electron chi connectivity index (χ3n) is 5.07. The molecule has 0 unspecified atom stereocenters. The normalized spacial score (nSPS) is 19.3. The van der Waals surface area contributed by atoms with Crippen LogP contribution in [0.3, 0.4) is 0 Å². The topological polar surface area (TPSA) is 51.2 Å². The zero-order chi connectivity index (χ0) is 16.5. The molecule has 1 fully saturated rings. The number of benzene rings is 1. The van der Waals surface area contributed by atoms with Crippen LogP contribution >= 0.6 is 0 Å². The van der Waals surface area contributed by atoms with Crippen LogP contribution in [0, 0.1) is 12.8 Å². The maximum absolute atomic E-state index is 12.0. The summed E-state index contributed by atoms with van der Waals surface area (Å²) >= 11 is 0. The molecule has 0 saturated heterocycles. The Hall–Kier alpha value is -2.36. The van der Waals surface area contributed by atoms with E-state index in [-0.39, 0.29) is 17.9 Å². The Morgan fingerprint density at radius 2 is 2.17 bits per heavy atom. The average Bonchev–Trinajstić information content (AvgIpc) is 2.95. The summed E-state index contributed by atoms with van der Waals surface area (Å²) in [5, 5.41) is 3.05. The van der Waals surface area contributed by atoms with Crippen LogP contribution in [0.15, 0.2) is 36.5 Å². The number of carbonyl (C=O) groups excluding carboxylic acids is 1. The number of ether oxygens (including phenoxy) is 1. The van der Waals surface area contributed by atoms with Gasteiger partial charge in [0.2, 0.25) is 5.91 Å². The quantitative estimate of drug-likeness (QED) is 0.940. The summed E-state index contributed by atoms with van der Waals surface area (Å²) in [6.07, 6.45) is 5.89. The predicted octanol–water partition coefficient (Wildman–Crippen LogP) is 3.28. The molecule has 1 aromatic heterocycles. The molecule has 124 valence electrons. The molecule has 2 aromatic rings. The molecular formula is C20H22N2O2. The minimum absolute atomic E-state index is 0.00851. The molecule has 0 bridgehead atoms. The standard InChI is InChI=1S/C20H22N2O2/c1-13-5-4-10-21-18(13)17-9-3-8-15-11-16(24-19(15)17)12-22-20(23)14-6-2-7-14/h3-5,8-10,14,16H,2,6-7,11-12H2,1H3,(H,22,23)/t16-/m0/s1. The molecule has 4 rings (SSSR count). The summed E-state index contributed by atoms with van der Waals surface area (Å²) < 4.78 is 6.17. The monoisotopic (exact) mass is 322 g/mol. The van der Waals surface area contributed by atoms with Crippen LogP contribution in [0.2, 0.25) is 0 Å². The molecule has 0 spiro atoms. The predicted molar refractivity (Wildman–Crippen MR) is 92.9 cm³/mol. The lowest BCUT2D eigenvalue weighted by Crippen LogP contribution is -2.40. The van der Waals surface area contributed by atoms with Crippen molar-refractivity contribution in [3.05, 3.63) is 47.7 Å². The van der Waals surface area contributed by atoms with Crippen molar-refractivity contribution in [3.63, 3.8) is 0 Å². The van der Waals surface area contributed by atoms with Gasteiger partial charge in [-0.3, -0.25) is 9.78 Å². The Kier molecular flexibility index (Phi) is 3.97. The average molecular weight is 322 g/mol. The number of nitrogens with one attached hydrogen (secondary N) is 1. The fraction of sp³-hybridized carbons (Fsp3) is 0.400. The van der Waals surface area contributed by atoms with Crippen molar-refractivity contribution in [2.75, 3.05) is 6.54 Å². The molecule has 2 aliphatic rings. The molecule has 4 heteroatoms. The van der Waals surface area contributed by atoms with E-state index < -0.39 is 0 Å². The highest BCUT2D eigenvalue weighted by molar-refractivity contribution is 5.79. The molecule has 1 amide bonds. The van der Waals surface area contributed by atoms with E-state index in [0.29, 0.717) is 6.54 Å². The number of hydrogen-bond donors (Lipinski definition) is 1. The first kappa shape index (κ1) is 15.2. The van der Waals surface area contributed by atoms with Crippen molar-refractivity contribution in [2.24, 2.45) is 5.92 Å². The number of aromatic nitrogens is 1. The van der Waals surface area contributed by atoms with Gasteiger partial charge in [0.15, 0.2) is 0 Å². The van der Waals surface area contributed by atoms with E-state index >= 15 is 0 Å². The molecule has 0 radical (unpaired) electrons. The van der Waals surface area contributed by atoms with Crippen LogP contribution in [-0.4, -0.2) is 23.5 Å². The van der Waals surface area contributed by atoms with Gasteiger partial charge in [-0.15, -0.1) is 0 Å². The van der Waals surface area contributed by atoms with E-state index in [2.05, 4.69) is 41.5 Å². The molecule has 1 atom stereocenters. The summed E-state index contributed by atoms with van der Waals surface area (Å²) in [5.41, 5.74) is 4.34. The maximum Gasteiger partial charge on any atom is 0.223 e. The lowest BCUT2D eigenvalue weighted by atomic mass is 9.85. The first-order valence-electron chi connectivity index (χ1n) is 8.70. The molecule has 1 aliphatic carbocycles. The largest absolute Gasteiger partial charge is 0.487 e. The first-order valence-corrected chi connectivity index (χ1v) is 8.70. The molecule has 1 N–H and O–H groups in total. The van der Waals surface area contributed by atoms with Gasteiger partial charge in [-0.05, 0) is 43.0 Å². The maximum atomic E-state index is 12.0. The highest BCUT2D eigenvalue weighted by Crippen LogP contribution is 2.38. The van der Waals surface area contributed by atoms with Crippen molar-refractivity contribution in [3.8, 4) is 17.0 Å². The lowest BCUT2D eigenvalue weighted by molar-refractivity contribution is -0.127. The SMILES string of the molecule is Cc1cccnc1-c1cccc2c1O[C@H](CNC(=O)C1CCC1)C2. The highest BCUT2D eigenvalue weighted by Gasteiger charge is 2.29. The molecule has 1 aliphatic heterocycles. The Bertz CT molecular complexity index is 768. The van der Waals surface area contributed by atoms with Crippen LogP contribution in [0.25, 0.3) is 11.3 Å². The number of pyridine rings is 1. The van der Waals surface area contributed by atoms with Gasteiger partial charge in [0.1, 0.15) is 11.9 Å². The van der Waals surface area contributed by atoms with E-state index in [1.807, 2.05) is 12.3 Å². The molecule has 1 aromatic carbocycles. The summed E-state index contributed by atoms with van der Waals surface area (Å²) in [6, 6.07) is 10.2. The second-order valence-electron chi connectivity index (χ2n) is 6.78. The number of amides is 1. The Balaban J connectivity index is 1.49. The molecule has 24 heavy (non-hydrogen) atoms. The summed E-state index contributed by atoms with van der Waals surface area (Å²) in [4.78, 5) is 16.5. The van der Waals surface area contributed by atoms with Gasteiger partial charge >= 0.3 is 0 Å². The van der Waals surface area contributed by atoms with E-state index in [4.69, 9.17) is 4.74 Å². The van der Waals surface area contributed by atoms with Gasteiger partial charge in [0.25, 0.3) is 0 Å². The second-order valence-corrected chi connectivity index (χ2v) is 6.78. The molecule has 2 heterocycles. The number of hydrogen-bond acceptors (Lipinski definition) is 3. The minimum atomic E-state index is 0.00851. The second kappa shape index (κ2) is 6.27. The number of rotatable bonds is 4. The van der Waals surface area contributed by atoms with Gasteiger partial charge < -0.3 is 10.1 Å². The number of fused-ring (bicyclic) bond motifs is 1. The van der Waals surface area contributed by atoms with Crippen molar-refractivity contribution in [1.82, 2.24) is 10.3 Å². The first-order chi connectivity index (χ1) is 11.7. The van der Waals surface area contributed by atoms with E-state index in [1.165, 1.54) is 12.0 Å². The lowest BCUT2D eigenvalue weighted by Gasteiger charge is -2.24. The van der Waals surface area contributed by atoms with Gasteiger partial charge in [0, 0.05) is 24.1 Å². The van der Waals surface area contributed by atoms with Crippen molar-refractivity contribution in [2.45, 2.75) is 38.7 Å². The van der Waals surface area contributed by atoms with Gasteiger partial charge in [0.05, 0.1) is 12.2 Å². The summed E-state index contributed by atoms with van der Waals surface area (Å²) in [5.74, 6) is 1.32. The van der Waals surface area contributed by atoms with Crippen LogP contribution in [0.1, 0.15) is 30.4 Å². The van der Waals surface area contributed by atoms with Gasteiger partial charge in [-0.1, -0.05) is 24.6 Å². The Morgan fingerprint density at radius 1 is 1.29 bits per heavy atom. The Morgan fingerprint density at radius 3 is 2.92 bits per heavy atom. The number of nitrogens with zero attached hydrogens (tertiary/aromatic N) is 1. The van der Waals surface area contributed by atoms with Crippen molar-refractivity contribution < 1.29 is 9.53 Å². The van der Waals surface area contributed by atoms with Crippen LogP contribution in [-0.2, 0) is 11.2 Å². The van der Waals surface area contributed by atoms with Crippen LogP contribution in [0.4, 0.5) is 0 Å². The number of aryl methyl sites for hydroxylation is 1. The van der Waals surface area contributed by atoms with Crippen molar-refractivity contribution in [1.29, 1.82) is 0 Å². The van der Waals surface area contributed by atoms with Crippen LogP contribution in [0.5, 0.6) is 5.75 Å². The van der Waals surface area contributed by atoms with Gasteiger partial charge in [-0.2, -0.15) is 0 Å². The number of para-hydroxylation sites is 1. The zero-order valence-corrected chi connectivity index (χ0v) is 13.9. The molecule has 1 saturated carbocycles. The van der Waals surface area contributed by atoms with E-state index in [1.54, 1.807) is 0 Å². The van der Waals surface area contributed by atoms with E-state index in [0.717, 1.165) is 41.8 Å². The van der Waals surface area contributed by atoms with Crippen molar-refractivity contribution >= 4 is 5.91 Å². The Labute approximate surface area is 142 Å². The fourth-order valence-electron chi connectivity index (χ4n) is 3.44. The highest BCUT2D eigenvalue weighted by atomic mass is 16.5. The minimum Gasteiger partial charge on any atom is -0.487 e. The van der Waals surface area contributed by atoms with E-state index in [9.17, 15) is 4.79 Å². The molecule has 4 nitrogen and oxygen atoms in total. The fourth-order valence-corrected chi connectivity index (χ4v) is 3.44. The van der Waals surface area contributed by atoms with Gasteiger partial charge in [-0.25, -0.2) is 0 Å². The molecular weight excluding hydrogens is 300 g/mol. The number of carbonyl (C=O) groups is 1. The third-order valence-corrected chi connectivity index (χ3v) is 5.07. The smallest absolute Gasteiger partial charge is 0.223 e. The van der Waals surface area contributed by atoms with Crippen LogP contribution < -0.4 is 10.1 Å². The summed E-state index contributed by atoms with van der Waals surface area (Å²) in [6.45, 7) is 2.64. The zero-order valence-electron chi connectivity index (χ0n) is 13.9. The third kappa shape index (κ3) is 2.77.